The molecule has 5 nitrogen and oxygen atoms in total. The van der Waals surface area contributed by atoms with Crippen LogP contribution >= 0.6 is 0 Å². The van der Waals surface area contributed by atoms with E-state index in [2.05, 4.69) is 27.1 Å². The molecule has 36 heavy (non-hydrogen) atoms. The highest BCUT2D eigenvalue weighted by Crippen LogP contribution is 2.39. The highest BCUT2D eigenvalue weighted by molar-refractivity contribution is 7.90. The lowest BCUT2D eigenvalue weighted by atomic mass is 9.92. The number of hydrogen-bond donors (Lipinski definition) is 1. The van der Waals surface area contributed by atoms with Crippen molar-refractivity contribution in [2.24, 2.45) is 0 Å². The fourth-order valence-electron chi connectivity index (χ4n) is 4.69. The first-order chi connectivity index (χ1) is 17.4. The quantitative estimate of drug-likeness (QED) is 0.357. The van der Waals surface area contributed by atoms with Crippen LogP contribution in [0, 0.1) is 5.82 Å². The summed E-state index contributed by atoms with van der Waals surface area (Å²) in [5, 5.41) is 0. The molecule has 0 unspecified atom stereocenters. The highest BCUT2D eigenvalue weighted by Gasteiger charge is 2.20. The van der Waals surface area contributed by atoms with Gasteiger partial charge in [0.2, 0.25) is 0 Å². The van der Waals surface area contributed by atoms with Crippen LogP contribution in [0.25, 0.3) is 28.0 Å². The van der Waals surface area contributed by atoms with Gasteiger partial charge >= 0.3 is 0 Å². The Bertz CT molecular complexity index is 1480. The van der Waals surface area contributed by atoms with Crippen molar-refractivity contribution in [2.45, 2.75) is 17.7 Å². The second-order valence-corrected chi connectivity index (χ2v) is 11.2. The zero-order valence-corrected chi connectivity index (χ0v) is 20.9. The van der Waals surface area contributed by atoms with Gasteiger partial charge in [0.1, 0.15) is 5.82 Å². The van der Waals surface area contributed by atoms with Gasteiger partial charge in [-0.1, -0.05) is 18.2 Å². The molecule has 7 heteroatoms. The van der Waals surface area contributed by atoms with Crippen LogP contribution in [0.15, 0.2) is 90.2 Å². The summed E-state index contributed by atoms with van der Waals surface area (Å²) in [6.45, 7) is 2.71. The van der Waals surface area contributed by atoms with Crippen LogP contribution in [0.3, 0.4) is 0 Å². The maximum atomic E-state index is 13.5. The van der Waals surface area contributed by atoms with E-state index in [-0.39, 0.29) is 5.82 Å². The summed E-state index contributed by atoms with van der Waals surface area (Å²) in [6.07, 6.45) is 10.9. The molecule has 0 spiro atoms. The van der Waals surface area contributed by atoms with Crippen LogP contribution in [-0.4, -0.2) is 49.2 Å². The Morgan fingerprint density at radius 1 is 0.972 bits per heavy atom. The number of nitrogens with zero attached hydrogens (tertiary/aromatic N) is 2. The molecule has 1 N–H and O–H groups in total. The Morgan fingerprint density at radius 2 is 1.69 bits per heavy atom. The maximum Gasteiger partial charge on any atom is 0.175 e. The zero-order valence-electron chi connectivity index (χ0n) is 20.1. The van der Waals surface area contributed by atoms with Crippen molar-refractivity contribution in [3.63, 3.8) is 0 Å². The molecule has 0 radical (unpaired) electrons. The van der Waals surface area contributed by atoms with Crippen molar-refractivity contribution in [2.75, 3.05) is 25.9 Å². The molecule has 184 valence electrons. The van der Waals surface area contributed by atoms with Gasteiger partial charge in [-0.2, -0.15) is 0 Å². The van der Waals surface area contributed by atoms with Crippen molar-refractivity contribution >= 4 is 15.4 Å². The average molecular weight is 502 g/mol. The van der Waals surface area contributed by atoms with Crippen LogP contribution in [0.2, 0.25) is 0 Å². The van der Waals surface area contributed by atoms with E-state index in [1.807, 2.05) is 24.3 Å². The normalized spacial score (nSPS) is 14.6. The van der Waals surface area contributed by atoms with Crippen molar-refractivity contribution in [3.05, 3.63) is 102 Å². The lowest BCUT2D eigenvalue weighted by Crippen LogP contribution is -2.30. The number of benzene rings is 2. The van der Waals surface area contributed by atoms with E-state index >= 15 is 0 Å². The number of aromatic nitrogens is 2. The summed E-state index contributed by atoms with van der Waals surface area (Å²) in [5.41, 5.74) is 7.67. The summed E-state index contributed by atoms with van der Waals surface area (Å²) in [5.74, 6) is -0.252. The monoisotopic (exact) mass is 501 g/mol. The zero-order chi connectivity index (χ0) is 25.1. The predicted octanol–water partition coefficient (Wildman–Crippen LogP) is 5.62. The van der Waals surface area contributed by atoms with Crippen molar-refractivity contribution in [3.8, 4) is 22.4 Å². The molecule has 2 aromatic carbocycles. The van der Waals surface area contributed by atoms with Crippen molar-refractivity contribution in [1.29, 1.82) is 0 Å². The van der Waals surface area contributed by atoms with Gasteiger partial charge in [0, 0.05) is 55.6 Å². The molecule has 5 rings (SSSR count). The van der Waals surface area contributed by atoms with E-state index in [1.54, 1.807) is 36.7 Å². The van der Waals surface area contributed by atoms with Crippen LogP contribution in [0.5, 0.6) is 0 Å². The first kappa shape index (κ1) is 24.2. The number of halogens is 1. The molecule has 3 heterocycles. The lowest BCUT2D eigenvalue weighted by molar-refractivity contribution is 0.306. The molecule has 1 aliphatic heterocycles. The Kier molecular flexibility index (Phi) is 6.85. The third-order valence-electron chi connectivity index (χ3n) is 6.69. The Hall–Kier alpha value is -3.55. The van der Waals surface area contributed by atoms with Gasteiger partial charge in [0.25, 0.3) is 0 Å². The van der Waals surface area contributed by atoms with E-state index in [9.17, 15) is 12.8 Å². The molecule has 0 saturated carbocycles. The molecular formula is C29H28FN3O2S. The minimum absolute atomic E-state index is 0.252. The Morgan fingerprint density at radius 3 is 2.33 bits per heavy atom. The first-order valence-corrected chi connectivity index (χ1v) is 13.9. The SMILES string of the molecule is CS(=O)(=O)c1ccc(CCN2CC=C(c3c[nH]c(-c4ccc(F)cc4)c3-c3ccncc3)CC2)cc1. The van der Waals surface area contributed by atoms with Crippen LogP contribution in [0.1, 0.15) is 17.5 Å². The van der Waals surface area contributed by atoms with Crippen LogP contribution < -0.4 is 0 Å². The Balaban J connectivity index is 1.34. The Labute approximate surface area is 211 Å². The predicted molar refractivity (Wildman–Crippen MR) is 142 cm³/mol. The van der Waals surface area contributed by atoms with Gasteiger partial charge in [-0.05, 0) is 83.6 Å². The minimum atomic E-state index is -3.17. The number of pyridine rings is 1. The summed E-state index contributed by atoms with van der Waals surface area (Å²) in [4.78, 5) is 10.4. The summed E-state index contributed by atoms with van der Waals surface area (Å²) < 4.78 is 36.9. The van der Waals surface area contributed by atoms with E-state index in [4.69, 9.17) is 0 Å². The van der Waals surface area contributed by atoms with Gasteiger partial charge in [-0.25, -0.2) is 12.8 Å². The third-order valence-corrected chi connectivity index (χ3v) is 7.82. The van der Waals surface area contributed by atoms with Gasteiger partial charge in [-0.3, -0.25) is 9.88 Å². The molecule has 1 aliphatic rings. The van der Waals surface area contributed by atoms with E-state index in [0.29, 0.717) is 4.90 Å². The van der Waals surface area contributed by atoms with Crippen molar-refractivity contribution < 1.29 is 12.8 Å². The van der Waals surface area contributed by atoms with Gasteiger partial charge < -0.3 is 4.98 Å². The average Bonchev–Trinajstić information content (AvgIpc) is 3.34. The number of aromatic amines is 1. The van der Waals surface area contributed by atoms with Crippen LogP contribution in [-0.2, 0) is 16.3 Å². The van der Waals surface area contributed by atoms with E-state index < -0.39 is 9.84 Å². The molecule has 4 aromatic rings. The molecule has 0 amide bonds. The smallest absolute Gasteiger partial charge is 0.175 e. The number of H-pyrrole nitrogens is 1. The van der Waals surface area contributed by atoms with Gasteiger partial charge in [0.05, 0.1) is 10.6 Å². The molecule has 0 saturated heterocycles. The summed E-state index contributed by atoms with van der Waals surface area (Å²) in [6, 6.07) is 17.8. The topological polar surface area (TPSA) is 66.1 Å². The lowest BCUT2D eigenvalue weighted by Gasteiger charge is -2.26. The number of nitrogens with one attached hydrogen (secondary N) is 1. The van der Waals surface area contributed by atoms with Gasteiger partial charge in [0.15, 0.2) is 9.84 Å². The second kappa shape index (κ2) is 10.2. The third kappa shape index (κ3) is 5.32. The van der Waals surface area contributed by atoms with E-state index in [0.717, 1.165) is 66.0 Å². The van der Waals surface area contributed by atoms with E-state index in [1.165, 1.54) is 24.0 Å². The maximum absolute atomic E-state index is 13.5. The van der Waals surface area contributed by atoms with Gasteiger partial charge in [-0.15, -0.1) is 0 Å². The molecule has 0 aliphatic carbocycles. The fraction of sp³-hybridized carbons (Fsp3) is 0.207. The number of hydrogen-bond acceptors (Lipinski definition) is 4. The van der Waals surface area contributed by atoms with Crippen molar-refractivity contribution in [1.82, 2.24) is 14.9 Å². The number of rotatable bonds is 7. The largest absolute Gasteiger partial charge is 0.360 e. The molecule has 2 aromatic heterocycles. The second-order valence-electron chi connectivity index (χ2n) is 9.14. The first-order valence-electron chi connectivity index (χ1n) is 12.0. The molecular weight excluding hydrogens is 473 g/mol. The fourth-order valence-corrected chi connectivity index (χ4v) is 5.32. The summed E-state index contributed by atoms with van der Waals surface area (Å²) in [7, 11) is -3.17. The molecule has 0 fully saturated rings. The standard InChI is InChI=1S/C29H28FN3O2S/c1-36(34,35)26-8-2-21(3-9-26)12-17-33-18-13-22(14-19-33)27-20-32-29(24-4-6-25(30)7-5-24)28(27)23-10-15-31-16-11-23/h2-11,13,15-16,20,32H,12,14,17-19H2,1H3. The molecule has 0 atom stereocenters. The molecule has 0 bridgehead atoms. The number of sulfone groups is 1. The van der Waals surface area contributed by atoms with Crippen LogP contribution in [0.4, 0.5) is 4.39 Å². The summed E-state index contributed by atoms with van der Waals surface area (Å²) >= 11 is 0. The minimum Gasteiger partial charge on any atom is -0.360 e. The highest BCUT2D eigenvalue weighted by atomic mass is 32.2.